The molecule has 0 aliphatic rings. The van der Waals surface area contributed by atoms with Gasteiger partial charge in [0.15, 0.2) is 0 Å². The number of aryl methyl sites for hydroxylation is 1. The maximum absolute atomic E-state index is 4.38. The molecular weight excluding hydrogens is 184 g/mol. The summed E-state index contributed by atoms with van der Waals surface area (Å²) < 4.78 is 2.09. The van der Waals surface area contributed by atoms with Crippen LogP contribution in [0.3, 0.4) is 0 Å². The predicted molar refractivity (Wildman–Crippen MR) is 64.6 cm³/mol. The van der Waals surface area contributed by atoms with Crippen molar-refractivity contribution < 1.29 is 0 Å². The molecule has 76 valence electrons. The maximum Gasteiger partial charge on any atom is 0.0953 e. The molecule has 0 atom stereocenters. The Morgan fingerprint density at radius 2 is 2.20 bits per heavy atom. The first-order valence-corrected chi connectivity index (χ1v) is 5.02. The molecule has 0 saturated carbocycles. The highest BCUT2D eigenvalue weighted by Crippen LogP contribution is 2.18. The van der Waals surface area contributed by atoms with Crippen molar-refractivity contribution in [1.82, 2.24) is 9.55 Å². The Morgan fingerprint density at radius 3 is 3.00 bits per heavy atom. The summed E-state index contributed by atoms with van der Waals surface area (Å²) in [6.45, 7) is 2.01. The molecule has 0 bridgehead atoms. The van der Waals surface area contributed by atoms with Crippen molar-refractivity contribution in [2.75, 3.05) is 0 Å². The van der Waals surface area contributed by atoms with Gasteiger partial charge >= 0.3 is 0 Å². The number of aromatic nitrogens is 2. The monoisotopic (exact) mass is 198 g/mol. The molecule has 0 aliphatic carbocycles. The van der Waals surface area contributed by atoms with Crippen LogP contribution < -0.4 is 0 Å². The summed E-state index contributed by atoms with van der Waals surface area (Å²) in [5, 5.41) is 0. The average Bonchev–Trinajstić information content (AvgIpc) is 2.58. The van der Waals surface area contributed by atoms with E-state index in [2.05, 4.69) is 27.9 Å². The van der Waals surface area contributed by atoms with Crippen molar-refractivity contribution in [2.45, 2.75) is 6.92 Å². The molecule has 2 aromatic heterocycles. The van der Waals surface area contributed by atoms with Gasteiger partial charge in [-0.15, -0.1) is 0 Å². The van der Waals surface area contributed by atoms with Crippen LogP contribution in [0, 0.1) is 0 Å². The highest BCUT2D eigenvalue weighted by molar-refractivity contribution is 5.85. The minimum atomic E-state index is 1.06. The smallest absolute Gasteiger partial charge is 0.0953 e. The number of nitrogens with zero attached hydrogens (tertiary/aromatic N) is 2. The molecule has 0 radical (unpaired) electrons. The quantitative estimate of drug-likeness (QED) is 0.678. The molecule has 0 aromatic carbocycles. The molecule has 2 aromatic rings. The van der Waals surface area contributed by atoms with E-state index in [1.54, 1.807) is 0 Å². The predicted octanol–water partition coefficient (Wildman–Crippen LogP) is 3.16. The molecule has 0 fully saturated rings. The lowest BCUT2D eigenvalue weighted by molar-refractivity contribution is 0.967. The van der Waals surface area contributed by atoms with E-state index in [9.17, 15) is 0 Å². The molecule has 2 heteroatoms. The molecule has 2 heterocycles. The lowest BCUT2D eigenvalue weighted by Gasteiger charge is -1.92. The topological polar surface area (TPSA) is 17.8 Å². The van der Waals surface area contributed by atoms with Crippen LogP contribution in [0.5, 0.6) is 0 Å². The normalized spacial score (nSPS) is 12.1. The molecule has 0 spiro atoms. The number of hydrogen-bond donors (Lipinski definition) is 0. The van der Waals surface area contributed by atoms with Gasteiger partial charge in [-0.3, -0.25) is 4.98 Å². The van der Waals surface area contributed by atoms with Gasteiger partial charge in [0, 0.05) is 25.0 Å². The van der Waals surface area contributed by atoms with E-state index in [0.29, 0.717) is 0 Å². The van der Waals surface area contributed by atoms with Gasteiger partial charge in [-0.1, -0.05) is 24.3 Å². The Kier molecular flexibility index (Phi) is 2.68. The van der Waals surface area contributed by atoms with E-state index in [1.165, 1.54) is 0 Å². The molecule has 15 heavy (non-hydrogen) atoms. The zero-order valence-electron chi connectivity index (χ0n) is 9.01. The van der Waals surface area contributed by atoms with Crippen molar-refractivity contribution in [1.29, 1.82) is 0 Å². The van der Waals surface area contributed by atoms with Gasteiger partial charge in [0.1, 0.15) is 0 Å². The summed E-state index contributed by atoms with van der Waals surface area (Å²) >= 11 is 0. The molecule has 2 rings (SSSR count). The Hall–Kier alpha value is -1.83. The SMILES string of the molecule is C/C=C\C=C/c1cn(C)c2cccnc12. The van der Waals surface area contributed by atoms with Crippen molar-refractivity contribution in [3.8, 4) is 0 Å². The van der Waals surface area contributed by atoms with Crippen molar-refractivity contribution in [3.63, 3.8) is 0 Å². The summed E-state index contributed by atoms with van der Waals surface area (Å²) in [6, 6.07) is 4.04. The Labute approximate surface area is 89.6 Å². The first-order chi connectivity index (χ1) is 7.33. The Morgan fingerprint density at radius 1 is 1.33 bits per heavy atom. The van der Waals surface area contributed by atoms with E-state index in [1.807, 2.05) is 44.5 Å². The average molecular weight is 198 g/mol. The van der Waals surface area contributed by atoms with Crippen LogP contribution in [0.15, 0.2) is 42.8 Å². The lowest BCUT2D eigenvalue weighted by Crippen LogP contribution is -1.82. The molecule has 0 aliphatic heterocycles. The third-order valence-corrected chi connectivity index (χ3v) is 2.35. The first-order valence-electron chi connectivity index (χ1n) is 5.02. The van der Waals surface area contributed by atoms with E-state index in [4.69, 9.17) is 0 Å². The van der Waals surface area contributed by atoms with Gasteiger partial charge in [-0.25, -0.2) is 0 Å². The number of allylic oxidation sites excluding steroid dienone is 3. The van der Waals surface area contributed by atoms with E-state index in [-0.39, 0.29) is 0 Å². The number of rotatable bonds is 2. The van der Waals surface area contributed by atoms with Gasteiger partial charge in [0.05, 0.1) is 11.0 Å². The van der Waals surface area contributed by atoms with Crippen LogP contribution in [0.2, 0.25) is 0 Å². The van der Waals surface area contributed by atoms with E-state index < -0.39 is 0 Å². The summed E-state index contributed by atoms with van der Waals surface area (Å²) in [5.74, 6) is 0. The zero-order chi connectivity index (χ0) is 10.7. The standard InChI is InChI=1S/C13H14N2/c1-3-4-5-7-11-10-15(2)12-8-6-9-14-13(11)12/h3-10H,1-2H3/b4-3-,7-5-. The van der Waals surface area contributed by atoms with Gasteiger partial charge in [-0.2, -0.15) is 0 Å². The summed E-state index contributed by atoms with van der Waals surface area (Å²) in [7, 11) is 2.04. The third-order valence-electron chi connectivity index (χ3n) is 2.35. The largest absolute Gasteiger partial charge is 0.349 e. The minimum absolute atomic E-state index is 1.06. The molecule has 0 N–H and O–H groups in total. The second kappa shape index (κ2) is 4.13. The van der Waals surface area contributed by atoms with Crippen molar-refractivity contribution in [2.24, 2.45) is 7.05 Å². The number of pyridine rings is 1. The second-order valence-electron chi connectivity index (χ2n) is 3.45. The summed E-state index contributed by atoms with van der Waals surface area (Å²) in [6.07, 6.45) is 12.1. The molecule has 0 saturated heterocycles. The Bertz CT molecular complexity index is 518. The summed E-state index contributed by atoms with van der Waals surface area (Å²) in [4.78, 5) is 4.38. The van der Waals surface area contributed by atoms with Gasteiger partial charge in [0.25, 0.3) is 0 Å². The summed E-state index contributed by atoms with van der Waals surface area (Å²) in [5.41, 5.74) is 3.38. The van der Waals surface area contributed by atoms with Crippen LogP contribution in [0.25, 0.3) is 17.1 Å². The van der Waals surface area contributed by atoms with Crippen LogP contribution in [0.4, 0.5) is 0 Å². The number of hydrogen-bond acceptors (Lipinski definition) is 1. The highest BCUT2D eigenvalue weighted by atomic mass is 14.9. The fraction of sp³-hybridized carbons (Fsp3) is 0.154. The number of fused-ring (bicyclic) bond motifs is 1. The molecule has 0 unspecified atom stereocenters. The highest BCUT2D eigenvalue weighted by Gasteiger charge is 2.03. The Balaban J connectivity index is 2.52. The fourth-order valence-electron chi connectivity index (χ4n) is 1.64. The fourth-order valence-corrected chi connectivity index (χ4v) is 1.64. The molecule has 2 nitrogen and oxygen atoms in total. The second-order valence-corrected chi connectivity index (χ2v) is 3.45. The van der Waals surface area contributed by atoms with E-state index >= 15 is 0 Å². The van der Waals surface area contributed by atoms with Crippen LogP contribution in [-0.2, 0) is 7.05 Å². The van der Waals surface area contributed by atoms with Gasteiger partial charge in [0.2, 0.25) is 0 Å². The zero-order valence-corrected chi connectivity index (χ0v) is 9.01. The molecular formula is C13H14N2. The minimum Gasteiger partial charge on any atom is -0.349 e. The lowest BCUT2D eigenvalue weighted by atomic mass is 10.2. The van der Waals surface area contributed by atoms with E-state index in [0.717, 1.165) is 16.6 Å². The van der Waals surface area contributed by atoms with Crippen molar-refractivity contribution >= 4 is 17.1 Å². The molecule has 0 amide bonds. The maximum atomic E-state index is 4.38. The first kappa shape index (κ1) is 9.71. The van der Waals surface area contributed by atoms with Crippen LogP contribution in [0.1, 0.15) is 12.5 Å². The van der Waals surface area contributed by atoms with Gasteiger partial charge < -0.3 is 4.57 Å². The van der Waals surface area contributed by atoms with Crippen LogP contribution >= 0.6 is 0 Å². The third kappa shape index (κ3) is 1.84. The van der Waals surface area contributed by atoms with Crippen molar-refractivity contribution in [3.05, 3.63) is 48.3 Å². The van der Waals surface area contributed by atoms with Crippen LogP contribution in [-0.4, -0.2) is 9.55 Å². The van der Waals surface area contributed by atoms with Gasteiger partial charge in [-0.05, 0) is 19.1 Å².